The highest BCUT2D eigenvalue weighted by Crippen LogP contribution is 2.24. The third kappa shape index (κ3) is 0.604. The molecule has 1 radical (unpaired) electrons. The molecule has 0 fully saturated rings. The Morgan fingerprint density at radius 1 is 1.40 bits per heavy atom. The molecular formula is C5H4N5. The van der Waals surface area contributed by atoms with Gasteiger partial charge in [0.25, 0.3) is 0 Å². The molecule has 2 heterocycles. The third-order valence-corrected chi connectivity index (χ3v) is 1.15. The van der Waals surface area contributed by atoms with E-state index in [1.807, 2.05) is 0 Å². The minimum Gasteiger partial charge on any atom is -0.368 e. The van der Waals surface area contributed by atoms with E-state index in [-0.39, 0.29) is 5.95 Å². The molecule has 0 atom stereocenters. The fourth-order valence-electron chi connectivity index (χ4n) is 0.711. The van der Waals surface area contributed by atoms with Gasteiger partial charge in [0.15, 0.2) is 5.82 Å². The fraction of sp³-hybridized carbons (Fsp3) is 0. The smallest absolute Gasteiger partial charge is 0.222 e. The minimum atomic E-state index is 0.230. The molecule has 0 amide bonds. The maximum absolute atomic E-state index is 5.29. The number of nitrogen functional groups attached to an aromatic ring is 1. The third-order valence-electron chi connectivity index (χ3n) is 1.15. The molecule has 0 aromatic carbocycles. The highest BCUT2D eigenvalue weighted by Gasteiger charge is 2.08. The van der Waals surface area contributed by atoms with Gasteiger partial charge in [-0.15, -0.1) is 0 Å². The maximum Gasteiger partial charge on any atom is 0.222 e. The van der Waals surface area contributed by atoms with Crippen molar-refractivity contribution in [1.82, 2.24) is 15.3 Å². The van der Waals surface area contributed by atoms with E-state index in [0.29, 0.717) is 11.5 Å². The van der Waals surface area contributed by atoms with Crippen molar-refractivity contribution in [2.24, 2.45) is 4.99 Å². The van der Waals surface area contributed by atoms with E-state index in [4.69, 9.17) is 5.73 Å². The average Bonchev–Trinajstić information content (AvgIpc) is 2.33. The Kier molecular flexibility index (Phi) is 0.858. The molecule has 5 heteroatoms. The molecule has 1 aliphatic rings. The lowest BCUT2D eigenvalue weighted by Crippen LogP contribution is -1.94. The Morgan fingerprint density at radius 3 is 3.20 bits per heavy atom. The average molecular weight is 134 g/mol. The van der Waals surface area contributed by atoms with E-state index in [1.165, 1.54) is 6.34 Å². The molecule has 0 saturated carbocycles. The SMILES string of the molecule is Nc1ncc2c(n1)N=C[N]2. The van der Waals surface area contributed by atoms with E-state index in [9.17, 15) is 0 Å². The fourth-order valence-corrected chi connectivity index (χ4v) is 0.711. The van der Waals surface area contributed by atoms with Crippen molar-refractivity contribution >= 4 is 23.8 Å². The monoisotopic (exact) mass is 134 g/mol. The summed E-state index contributed by atoms with van der Waals surface area (Å²) in [6.45, 7) is 0. The van der Waals surface area contributed by atoms with Gasteiger partial charge in [0, 0.05) is 0 Å². The van der Waals surface area contributed by atoms with Gasteiger partial charge in [-0.1, -0.05) is 0 Å². The molecule has 49 valence electrons. The van der Waals surface area contributed by atoms with Crippen LogP contribution < -0.4 is 11.1 Å². The van der Waals surface area contributed by atoms with Gasteiger partial charge in [-0.3, -0.25) is 0 Å². The number of aliphatic imine (C=N–C) groups is 1. The summed E-state index contributed by atoms with van der Waals surface area (Å²) in [6.07, 6.45) is 2.98. The zero-order valence-electron chi connectivity index (χ0n) is 5.02. The molecule has 5 nitrogen and oxygen atoms in total. The number of aromatic nitrogens is 2. The van der Waals surface area contributed by atoms with E-state index < -0.39 is 0 Å². The van der Waals surface area contributed by atoms with Crippen LogP contribution in [0.4, 0.5) is 17.5 Å². The normalized spacial score (nSPS) is 12.8. The summed E-state index contributed by atoms with van der Waals surface area (Å²) < 4.78 is 0. The van der Waals surface area contributed by atoms with Crippen LogP contribution in [-0.4, -0.2) is 16.3 Å². The number of nitrogens with two attached hydrogens (primary N) is 1. The predicted molar refractivity (Wildman–Crippen MR) is 36.4 cm³/mol. The molecule has 2 N–H and O–H groups in total. The lowest BCUT2D eigenvalue weighted by molar-refractivity contribution is 1.16. The molecule has 0 saturated heterocycles. The molecule has 1 aromatic heterocycles. The summed E-state index contributed by atoms with van der Waals surface area (Å²) in [5.41, 5.74) is 5.97. The first-order chi connectivity index (χ1) is 4.86. The molecule has 1 aliphatic heterocycles. The summed E-state index contributed by atoms with van der Waals surface area (Å²) in [5, 5.41) is 3.87. The van der Waals surface area contributed by atoms with Crippen LogP contribution >= 0.6 is 0 Å². The Labute approximate surface area is 57.0 Å². The summed E-state index contributed by atoms with van der Waals surface area (Å²) in [6, 6.07) is 0. The van der Waals surface area contributed by atoms with Gasteiger partial charge in [-0.25, -0.2) is 15.3 Å². The van der Waals surface area contributed by atoms with Gasteiger partial charge >= 0.3 is 0 Å². The Bertz CT molecular complexity index is 292. The number of fused-ring (bicyclic) bond motifs is 1. The second-order valence-electron chi connectivity index (χ2n) is 1.81. The van der Waals surface area contributed by atoms with Crippen molar-refractivity contribution in [1.29, 1.82) is 0 Å². The van der Waals surface area contributed by atoms with Crippen molar-refractivity contribution in [2.75, 3.05) is 5.73 Å². The first-order valence-corrected chi connectivity index (χ1v) is 2.72. The molecule has 2 rings (SSSR count). The zero-order chi connectivity index (χ0) is 6.97. The van der Waals surface area contributed by atoms with Crippen LogP contribution in [0.15, 0.2) is 11.2 Å². The molecular weight excluding hydrogens is 130 g/mol. The maximum atomic E-state index is 5.29. The van der Waals surface area contributed by atoms with Gasteiger partial charge in [0.1, 0.15) is 12.0 Å². The van der Waals surface area contributed by atoms with Crippen LogP contribution in [0.2, 0.25) is 0 Å². The zero-order valence-corrected chi connectivity index (χ0v) is 5.02. The number of nitrogens with zero attached hydrogens (tertiary/aromatic N) is 4. The van der Waals surface area contributed by atoms with Gasteiger partial charge in [-0.2, -0.15) is 4.98 Å². The number of anilines is 1. The summed E-state index contributed by atoms with van der Waals surface area (Å²) in [7, 11) is 0. The Hall–Kier alpha value is -1.65. The number of rotatable bonds is 0. The summed E-state index contributed by atoms with van der Waals surface area (Å²) in [5.74, 6) is 0.778. The van der Waals surface area contributed by atoms with Crippen molar-refractivity contribution in [2.45, 2.75) is 0 Å². The van der Waals surface area contributed by atoms with Crippen LogP contribution in [0.25, 0.3) is 0 Å². The van der Waals surface area contributed by atoms with Gasteiger partial charge in [0.05, 0.1) is 6.20 Å². The highest BCUT2D eigenvalue weighted by atomic mass is 15.1. The van der Waals surface area contributed by atoms with E-state index >= 15 is 0 Å². The topological polar surface area (TPSA) is 78.3 Å². The largest absolute Gasteiger partial charge is 0.368 e. The highest BCUT2D eigenvalue weighted by molar-refractivity contribution is 5.79. The molecule has 0 aliphatic carbocycles. The van der Waals surface area contributed by atoms with Crippen LogP contribution in [0.5, 0.6) is 0 Å². The standard InChI is InChI=1S/C5H4N5/c6-5-7-1-3-4(10-5)9-2-8-3/h1-2H,(H2,6,7,10). The van der Waals surface area contributed by atoms with Crippen molar-refractivity contribution in [3.63, 3.8) is 0 Å². The van der Waals surface area contributed by atoms with Crippen molar-refractivity contribution < 1.29 is 0 Å². The minimum absolute atomic E-state index is 0.230. The molecule has 0 unspecified atom stereocenters. The number of hydrogen-bond acceptors (Lipinski definition) is 4. The lowest BCUT2D eigenvalue weighted by Gasteiger charge is -1.93. The van der Waals surface area contributed by atoms with Gasteiger partial charge < -0.3 is 5.73 Å². The summed E-state index contributed by atoms with van der Waals surface area (Å²) >= 11 is 0. The lowest BCUT2D eigenvalue weighted by atomic mass is 10.5. The second-order valence-corrected chi connectivity index (χ2v) is 1.81. The molecule has 0 bridgehead atoms. The van der Waals surface area contributed by atoms with Crippen molar-refractivity contribution in [3.8, 4) is 0 Å². The van der Waals surface area contributed by atoms with Gasteiger partial charge in [0.2, 0.25) is 5.95 Å². The van der Waals surface area contributed by atoms with Crippen molar-refractivity contribution in [3.05, 3.63) is 6.20 Å². The van der Waals surface area contributed by atoms with E-state index in [0.717, 1.165) is 0 Å². The summed E-state index contributed by atoms with van der Waals surface area (Å²) in [4.78, 5) is 11.4. The second kappa shape index (κ2) is 1.66. The predicted octanol–water partition coefficient (Wildman–Crippen LogP) is -0.0319. The first kappa shape index (κ1) is 5.16. The van der Waals surface area contributed by atoms with E-state index in [1.54, 1.807) is 6.20 Å². The molecule has 0 spiro atoms. The van der Waals surface area contributed by atoms with Crippen LogP contribution in [0.3, 0.4) is 0 Å². The molecule has 1 aromatic rings. The number of hydrogen-bond donors (Lipinski definition) is 1. The quantitative estimate of drug-likeness (QED) is 0.541. The van der Waals surface area contributed by atoms with Crippen LogP contribution in [0.1, 0.15) is 0 Å². The molecule has 10 heavy (non-hydrogen) atoms. The van der Waals surface area contributed by atoms with E-state index in [2.05, 4.69) is 20.3 Å². The first-order valence-electron chi connectivity index (χ1n) is 2.72. The van der Waals surface area contributed by atoms with Crippen LogP contribution in [0, 0.1) is 0 Å². The Morgan fingerprint density at radius 2 is 2.30 bits per heavy atom. The van der Waals surface area contributed by atoms with Gasteiger partial charge in [-0.05, 0) is 0 Å². The Balaban J connectivity index is 2.60. The van der Waals surface area contributed by atoms with Crippen LogP contribution in [-0.2, 0) is 0 Å².